The highest BCUT2D eigenvalue weighted by molar-refractivity contribution is 8.13. The SMILES string of the molecule is COc1ccc(C(=O)Nc2cccc(C3C(C(=O)OCC(C)C)=C(C)N=C4SCCCN43)c2)c(OC)c1. The summed E-state index contributed by atoms with van der Waals surface area (Å²) < 4.78 is 16.3. The Hall–Kier alpha value is -3.46. The summed E-state index contributed by atoms with van der Waals surface area (Å²) in [6.07, 6.45) is 0.987. The third kappa shape index (κ3) is 5.93. The largest absolute Gasteiger partial charge is 0.497 e. The molecule has 0 saturated carbocycles. The van der Waals surface area contributed by atoms with E-state index in [2.05, 4.69) is 10.2 Å². The molecule has 37 heavy (non-hydrogen) atoms. The molecule has 0 aliphatic carbocycles. The number of ether oxygens (including phenoxy) is 3. The van der Waals surface area contributed by atoms with Crippen molar-refractivity contribution in [3.8, 4) is 11.5 Å². The van der Waals surface area contributed by atoms with Crippen molar-refractivity contribution in [2.24, 2.45) is 10.9 Å². The van der Waals surface area contributed by atoms with Gasteiger partial charge in [-0.2, -0.15) is 0 Å². The van der Waals surface area contributed by atoms with Gasteiger partial charge < -0.3 is 24.4 Å². The smallest absolute Gasteiger partial charge is 0.338 e. The number of amidine groups is 1. The molecule has 1 saturated heterocycles. The van der Waals surface area contributed by atoms with E-state index in [1.807, 2.05) is 45.0 Å². The van der Waals surface area contributed by atoms with Gasteiger partial charge in [-0.15, -0.1) is 0 Å². The maximum absolute atomic E-state index is 13.3. The van der Waals surface area contributed by atoms with Crippen LogP contribution in [-0.4, -0.2) is 55.1 Å². The first-order chi connectivity index (χ1) is 17.8. The normalized spacial score (nSPS) is 17.2. The third-order valence-corrected chi connectivity index (χ3v) is 7.22. The Bertz CT molecular complexity index is 1240. The van der Waals surface area contributed by atoms with E-state index in [4.69, 9.17) is 19.2 Å². The van der Waals surface area contributed by atoms with Gasteiger partial charge in [-0.05, 0) is 49.1 Å². The summed E-state index contributed by atoms with van der Waals surface area (Å²) in [4.78, 5) is 33.3. The Morgan fingerprint density at radius 3 is 2.70 bits per heavy atom. The summed E-state index contributed by atoms with van der Waals surface area (Å²) in [5.41, 5.74) is 3.08. The molecule has 0 aromatic heterocycles. The number of allylic oxidation sites excluding steroid dienone is 1. The molecule has 2 aromatic rings. The summed E-state index contributed by atoms with van der Waals surface area (Å²) >= 11 is 1.70. The van der Waals surface area contributed by atoms with E-state index in [9.17, 15) is 9.59 Å². The maximum Gasteiger partial charge on any atom is 0.338 e. The monoisotopic (exact) mass is 523 g/mol. The van der Waals surface area contributed by atoms with Crippen LogP contribution >= 0.6 is 11.8 Å². The number of hydrogen-bond donors (Lipinski definition) is 1. The molecule has 1 atom stereocenters. The summed E-state index contributed by atoms with van der Waals surface area (Å²) in [6.45, 7) is 7.00. The number of esters is 1. The molecule has 2 heterocycles. The van der Waals surface area contributed by atoms with Crippen LogP contribution in [0.5, 0.6) is 11.5 Å². The number of anilines is 1. The molecule has 9 heteroatoms. The van der Waals surface area contributed by atoms with Crippen molar-refractivity contribution < 1.29 is 23.8 Å². The van der Waals surface area contributed by atoms with E-state index in [1.54, 1.807) is 37.1 Å². The number of carbonyl (C=O) groups excluding carboxylic acids is 2. The van der Waals surface area contributed by atoms with Crippen LogP contribution in [0.1, 0.15) is 49.2 Å². The summed E-state index contributed by atoms with van der Waals surface area (Å²) in [5, 5.41) is 3.88. The van der Waals surface area contributed by atoms with Crippen LogP contribution in [0.15, 0.2) is 58.7 Å². The van der Waals surface area contributed by atoms with Crippen molar-refractivity contribution in [3.05, 3.63) is 64.9 Å². The molecular formula is C28H33N3O5S. The highest BCUT2D eigenvalue weighted by Crippen LogP contribution is 2.40. The molecule has 1 amide bonds. The minimum Gasteiger partial charge on any atom is -0.497 e. The highest BCUT2D eigenvalue weighted by Gasteiger charge is 2.38. The third-order valence-electron chi connectivity index (χ3n) is 6.14. The van der Waals surface area contributed by atoms with E-state index in [-0.39, 0.29) is 23.8 Å². The zero-order chi connectivity index (χ0) is 26.5. The molecule has 0 radical (unpaired) electrons. The van der Waals surface area contributed by atoms with Gasteiger partial charge in [-0.25, -0.2) is 9.79 Å². The van der Waals surface area contributed by atoms with Crippen molar-refractivity contribution in [2.45, 2.75) is 33.2 Å². The number of fused-ring (bicyclic) bond motifs is 1. The summed E-state index contributed by atoms with van der Waals surface area (Å²) in [6, 6.07) is 12.3. The molecule has 8 nitrogen and oxygen atoms in total. The Balaban J connectivity index is 1.66. The fourth-order valence-corrected chi connectivity index (χ4v) is 5.39. The molecule has 1 N–H and O–H groups in total. The van der Waals surface area contributed by atoms with Gasteiger partial charge >= 0.3 is 5.97 Å². The van der Waals surface area contributed by atoms with Gasteiger partial charge in [-0.3, -0.25) is 4.79 Å². The summed E-state index contributed by atoms with van der Waals surface area (Å²) in [5.74, 6) is 1.57. The van der Waals surface area contributed by atoms with Gasteiger partial charge in [0.25, 0.3) is 5.91 Å². The van der Waals surface area contributed by atoms with E-state index < -0.39 is 0 Å². The quantitative estimate of drug-likeness (QED) is 0.471. The number of nitrogens with one attached hydrogen (secondary N) is 1. The van der Waals surface area contributed by atoms with E-state index in [0.717, 1.165) is 29.4 Å². The molecule has 196 valence electrons. The van der Waals surface area contributed by atoms with Crippen molar-refractivity contribution in [2.75, 3.05) is 38.4 Å². The number of carbonyl (C=O) groups is 2. The van der Waals surface area contributed by atoms with Crippen molar-refractivity contribution in [3.63, 3.8) is 0 Å². The number of thioether (sulfide) groups is 1. The first-order valence-electron chi connectivity index (χ1n) is 12.3. The highest BCUT2D eigenvalue weighted by atomic mass is 32.2. The topological polar surface area (TPSA) is 89.5 Å². The lowest BCUT2D eigenvalue weighted by atomic mass is 9.94. The van der Waals surface area contributed by atoms with Crippen LogP contribution < -0.4 is 14.8 Å². The van der Waals surface area contributed by atoms with Gasteiger partial charge in [0.2, 0.25) is 0 Å². The zero-order valence-corrected chi connectivity index (χ0v) is 22.7. The predicted octanol–water partition coefficient (Wildman–Crippen LogP) is 5.28. The number of amides is 1. The van der Waals surface area contributed by atoms with Gasteiger partial charge in [-0.1, -0.05) is 37.7 Å². The standard InChI is InChI=1S/C28H33N3O5S/c1-17(2)16-36-27(33)24-18(3)29-28-31(12-7-13-37-28)25(24)19-8-6-9-20(14-19)30-26(32)22-11-10-21(34-4)15-23(22)35-5/h6,8-11,14-15,17,25H,7,12-13,16H2,1-5H3,(H,30,32). The average Bonchev–Trinajstić information content (AvgIpc) is 2.90. The van der Waals surface area contributed by atoms with Crippen LogP contribution in [0.3, 0.4) is 0 Å². The average molecular weight is 524 g/mol. The van der Waals surface area contributed by atoms with E-state index in [0.29, 0.717) is 40.6 Å². The van der Waals surface area contributed by atoms with E-state index >= 15 is 0 Å². The fraction of sp³-hybridized carbons (Fsp3) is 0.393. The lowest BCUT2D eigenvalue weighted by molar-refractivity contribution is -0.140. The minimum absolute atomic E-state index is 0.227. The number of benzene rings is 2. The fourth-order valence-electron chi connectivity index (χ4n) is 4.37. The zero-order valence-electron chi connectivity index (χ0n) is 21.9. The molecule has 2 aliphatic heterocycles. The van der Waals surface area contributed by atoms with Crippen molar-refractivity contribution in [1.29, 1.82) is 0 Å². The Morgan fingerprint density at radius 1 is 1.16 bits per heavy atom. The van der Waals surface area contributed by atoms with Crippen LogP contribution in [0, 0.1) is 5.92 Å². The van der Waals surface area contributed by atoms with Gasteiger partial charge in [0.1, 0.15) is 11.5 Å². The van der Waals surface area contributed by atoms with Gasteiger partial charge in [0, 0.05) is 24.1 Å². The molecule has 1 unspecified atom stereocenters. The second-order valence-corrected chi connectivity index (χ2v) is 10.4. The van der Waals surface area contributed by atoms with Crippen LogP contribution in [0.2, 0.25) is 0 Å². The number of rotatable bonds is 8. The summed E-state index contributed by atoms with van der Waals surface area (Å²) in [7, 11) is 3.07. The maximum atomic E-state index is 13.3. The Kier molecular flexibility index (Phi) is 8.43. The number of methoxy groups -OCH3 is 2. The molecular weight excluding hydrogens is 490 g/mol. The second kappa shape index (κ2) is 11.7. The molecule has 1 fully saturated rings. The van der Waals surface area contributed by atoms with Crippen LogP contribution in [0.4, 0.5) is 5.69 Å². The van der Waals surface area contributed by atoms with Gasteiger partial charge in [0.15, 0.2) is 5.17 Å². The number of hydrogen-bond acceptors (Lipinski definition) is 8. The van der Waals surface area contributed by atoms with Crippen LogP contribution in [0.25, 0.3) is 0 Å². The Labute approximate surface area is 222 Å². The molecule has 0 spiro atoms. The van der Waals surface area contributed by atoms with Crippen molar-refractivity contribution in [1.82, 2.24) is 4.90 Å². The van der Waals surface area contributed by atoms with Gasteiger partial charge in [0.05, 0.1) is 43.7 Å². The molecule has 4 rings (SSSR count). The first-order valence-corrected chi connectivity index (χ1v) is 13.3. The Morgan fingerprint density at radius 2 is 1.97 bits per heavy atom. The first kappa shape index (κ1) is 26.6. The van der Waals surface area contributed by atoms with Crippen molar-refractivity contribution >= 4 is 34.5 Å². The number of nitrogens with zero attached hydrogens (tertiary/aromatic N) is 2. The second-order valence-electron chi connectivity index (χ2n) is 9.33. The molecule has 2 aromatic carbocycles. The van der Waals surface area contributed by atoms with Crippen LogP contribution in [-0.2, 0) is 9.53 Å². The predicted molar refractivity (Wildman–Crippen MR) is 146 cm³/mol. The molecule has 0 bridgehead atoms. The van der Waals surface area contributed by atoms with E-state index in [1.165, 1.54) is 7.11 Å². The minimum atomic E-state index is -0.355. The number of aliphatic imine (C=N–C) groups is 1. The molecule has 2 aliphatic rings. The lowest BCUT2D eigenvalue weighted by Crippen LogP contribution is -2.42. The lowest BCUT2D eigenvalue weighted by Gasteiger charge is -2.40.